The van der Waals surface area contributed by atoms with Crippen LogP contribution in [-0.4, -0.2) is 43.6 Å². The van der Waals surface area contributed by atoms with Gasteiger partial charge in [0.05, 0.1) is 12.7 Å². The maximum atomic E-state index is 12.4. The lowest BCUT2D eigenvalue weighted by Crippen LogP contribution is -2.51. The highest BCUT2D eigenvalue weighted by atomic mass is 79.9. The Kier molecular flexibility index (Phi) is 4.24. The van der Waals surface area contributed by atoms with Crippen molar-refractivity contribution in [1.29, 1.82) is 0 Å². The molecule has 4 nitrogen and oxygen atoms in total. The molecule has 1 fully saturated rings. The molecule has 0 saturated carbocycles. The SMILES string of the molecule is COc1cc(Br)ccc1C(=O)N1CCN[C@@H](C)C1. The van der Waals surface area contributed by atoms with Crippen LogP contribution in [0.5, 0.6) is 5.75 Å². The summed E-state index contributed by atoms with van der Waals surface area (Å²) in [6, 6.07) is 5.82. The predicted molar refractivity (Wildman–Crippen MR) is 74.1 cm³/mol. The van der Waals surface area contributed by atoms with Gasteiger partial charge in [0.15, 0.2) is 0 Å². The van der Waals surface area contributed by atoms with E-state index < -0.39 is 0 Å². The van der Waals surface area contributed by atoms with E-state index >= 15 is 0 Å². The molecule has 98 valence electrons. The van der Waals surface area contributed by atoms with Crippen molar-refractivity contribution in [2.45, 2.75) is 13.0 Å². The second-order valence-corrected chi connectivity index (χ2v) is 5.37. The average Bonchev–Trinajstić information content (AvgIpc) is 2.37. The monoisotopic (exact) mass is 312 g/mol. The zero-order valence-electron chi connectivity index (χ0n) is 10.6. The summed E-state index contributed by atoms with van der Waals surface area (Å²) in [6.07, 6.45) is 0. The summed E-state index contributed by atoms with van der Waals surface area (Å²) in [5.74, 6) is 0.647. The first-order valence-electron chi connectivity index (χ1n) is 5.98. The van der Waals surface area contributed by atoms with E-state index in [-0.39, 0.29) is 5.91 Å². The van der Waals surface area contributed by atoms with Crippen LogP contribution in [0.1, 0.15) is 17.3 Å². The summed E-state index contributed by atoms with van der Waals surface area (Å²) in [5.41, 5.74) is 0.620. The van der Waals surface area contributed by atoms with Crippen LogP contribution in [0.25, 0.3) is 0 Å². The van der Waals surface area contributed by atoms with Crippen LogP contribution in [-0.2, 0) is 0 Å². The van der Waals surface area contributed by atoms with Gasteiger partial charge in [0.2, 0.25) is 0 Å². The Bertz CT molecular complexity index is 451. The third-order valence-corrected chi connectivity index (χ3v) is 3.54. The number of benzene rings is 1. The van der Waals surface area contributed by atoms with Crippen LogP contribution in [0.2, 0.25) is 0 Å². The number of piperazine rings is 1. The van der Waals surface area contributed by atoms with E-state index in [4.69, 9.17) is 4.74 Å². The standard InChI is InChI=1S/C13H17BrN2O2/c1-9-8-16(6-5-15-9)13(17)11-4-3-10(14)7-12(11)18-2/h3-4,7,9,15H,5-6,8H2,1-2H3/t9-/m0/s1. The van der Waals surface area contributed by atoms with E-state index in [0.29, 0.717) is 17.4 Å². The van der Waals surface area contributed by atoms with Gasteiger partial charge in [-0.05, 0) is 25.1 Å². The lowest BCUT2D eigenvalue weighted by molar-refractivity contribution is 0.0705. The van der Waals surface area contributed by atoms with Gasteiger partial charge in [0, 0.05) is 30.1 Å². The number of amides is 1. The van der Waals surface area contributed by atoms with E-state index in [9.17, 15) is 4.79 Å². The Morgan fingerprint density at radius 3 is 3.00 bits per heavy atom. The Labute approximate surface area is 115 Å². The van der Waals surface area contributed by atoms with Crippen molar-refractivity contribution < 1.29 is 9.53 Å². The van der Waals surface area contributed by atoms with Crippen molar-refractivity contribution in [3.8, 4) is 5.75 Å². The Morgan fingerprint density at radius 1 is 1.56 bits per heavy atom. The van der Waals surface area contributed by atoms with E-state index in [1.165, 1.54) is 0 Å². The fourth-order valence-corrected chi connectivity index (χ4v) is 2.47. The first kappa shape index (κ1) is 13.4. The number of methoxy groups -OCH3 is 1. The van der Waals surface area contributed by atoms with Crippen molar-refractivity contribution in [1.82, 2.24) is 10.2 Å². The molecule has 0 aliphatic carbocycles. The third-order valence-electron chi connectivity index (χ3n) is 3.05. The summed E-state index contributed by atoms with van der Waals surface area (Å²) < 4.78 is 6.18. The number of carbonyl (C=O) groups excluding carboxylic acids is 1. The maximum Gasteiger partial charge on any atom is 0.257 e. The van der Waals surface area contributed by atoms with Crippen LogP contribution in [0.15, 0.2) is 22.7 Å². The highest BCUT2D eigenvalue weighted by Crippen LogP contribution is 2.25. The molecule has 18 heavy (non-hydrogen) atoms. The second kappa shape index (κ2) is 5.71. The van der Waals surface area contributed by atoms with Crippen molar-refractivity contribution >= 4 is 21.8 Å². The molecule has 0 spiro atoms. The first-order chi connectivity index (χ1) is 8.61. The lowest BCUT2D eigenvalue weighted by Gasteiger charge is -2.32. The minimum atomic E-state index is 0.0349. The lowest BCUT2D eigenvalue weighted by atomic mass is 10.1. The highest BCUT2D eigenvalue weighted by Gasteiger charge is 2.23. The van der Waals surface area contributed by atoms with Crippen molar-refractivity contribution in [2.24, 2.45) is 0 Å². The third kappa shape index (κ3) is 2.84. The molecule has 1 aromatic rings. The molecule has 0 unspecified atom stereocenters. The number of ether oxygens (including phenoxy) is 1. The molecule has 1 N–H and O–H groups in total. The smallest absolute Gasteiger partial charge is 0.257 e. The summed E-state index contributed by atoms with van der Waals surface area (Å²) in [7, 11) is 1.58. The zero-order chi connectivity index (χ0) is 13.1. The molecular weight excluding hydrogens is 296 g/mol. The molecule has 1 atom stereocenters. The van der Waals surface area contributed by atoms with Gasteiger partial charge in [-0.3, -0.25) is 4.79 Å². The Morgan fingerprint density at radius 2 is 2.33 bits per heavy atom. The molecule has 5 heteroatoms. The van der Waals surface area contributed by atoms with Gasteiger partial charge in [0.25, 0.3) is 5.91 Å². The normalized spacial score (nSPS) is 19.7. The zero-order valence-corrected chi connectivity index (χ0v) is 12.2. The fourth-order valence-electron chi connectivity index (χ4n) is 2.13. The molecule has 0 radical (unpaired) electrons. The summed E-state index contributed by atoms with van der Waals surface area (Å²) >= 11 is 3.38. The van der Waals surface area contributed by atoms with Gasteiger partial charge in [-0.1, -0.05) is 15.9 Å². The number of hydrogen-bond acceptors (Lipinski definition) is 3. The number of nitrogens with zero attached hydrogens (tertiary/aromatic N) is 1. The maximum absolute atomic E-state index is 12.4. The van der Waals surface area contributed by atoms with Crippen molar-refractivity contribution in [2.75, 3.05) is 26.7 Å². The highest BCUT2D eigenvalue weighted by molar-refractivity contribution is 9.10. The quantitative estimate of drug-likeness (QED) is 0.907. The first-order valence-corrected chi connectivity index (χ1v) is 6.77. The number of rotatable bonds is 2. The molecule has 2 rings (SSSR count). The van der Waals surface area contributed by atoms with Crippen LogP contribution < -0.4 is 10.1 Å². The second-order valence-electron chi connectivity index (χ2n) is 4.45. The van der Waals surface area contributed by atoms with Crippen LogP contribution in [0.3, 0.4) is 0 Å². The molecule has 0 bridgehead atoms. The Balaban J connectivity index is 2.22. The van der Waals surface area contributed by atoms with Gasteiger partial charge < -0.3 is 15.0 Å². The topological polar surface area (TPSA) is 41.6 Å². The van der Waals surface area contributed by atoms with E-state index in [0.717, 1.165) is 24.1 Å². The summed E-state index contributed by atoms with van der Waals surface area (Å²) in [6.45, 7) is 4.39. The molecule has 0 aromatic heterocycles. The average molecular weight is 313 g/mol. The number of carbonyl (C=O) groups is 1. The molecule has 1 aliphatic heterocycles. The predicted octanol–water partition coefficient (Wildman–Crippen LogP) is 1.89. The minimum Gasteiger partial charge on any atom is -0.496 e. The number of hydrogen-bond donors (Lipinski definition) is 1. The largest absolute Gasteiger partial charge is 0.496 e. The van der Waals surface area contributed by atoms with Gasteiger partial charge in [-0.2, -0.15) is 0 Å². The number of halogens is 1. The molecular formula is C13H17BrN2O2. The number of nitrogens with one attached hydrogen (secondary N) is 1. The van der Waals surface area contributed by atoms with Crippen LogP contribution >= 0.6 is 15.9 Å². The van der Waals surface area contributed by atoms with Crippen molar-refractivity contribution in [3.63, 3.8) is 0 Å². The molecule has 1 saturated heterocycles. The molecule has 1 amide bonds. The Hall–Kier alpha value is -1.07. The van der Waals surface area contributed by atoms with Crippen molar-refractivity contribution in [3.05, 3.63) is 28.2 Å². The van der Waals surface area contributed by atoms with Gasteiger partial charge in [-0.15, -0.1) is 0 Å². The molecule has 1 heterocycles. The van der Waals surface area contributed by atoms with Gasteiger partial charge in [0.1, 0.15) is 5.75 Å². The fraction of sp³-hybridized carbons (Fsp3) is 0.462. The van der Waals surface area contributed by atoms with E-state index in [1.807, 2.05) is 17.0 Å². The van der Waals surface area contributed by atoms with Gasteiger partial charge in [-0.25, -0.2) is 0 Å². The van der Waals surface area contributed by atoms with Gasteiger partial charge >= 0.3 is 0 Å². The van der Waals surface area contributed by atoms with Crippen LogP contribution in [0.4, 0.5) is 0 Å². The molecule has 1 aliphatic rings. The van der Waals surface area contributed by atoms with E-state index in [1.54, 1.807) is 13.2 Å². The van der Waals surface area contributed by atoms with Crippen LogP contribution in [0, 0.1) is 0 Å². The van der Waals surface area contributed by atoms with E-state index in [2.05, 4.69) is 28.2 Å². The minimum absolute atomic E-state index is 0.0349. The molecule has 1 aromatic carbocycles. The summed E-state index contributed by atoms with van der Waals surface area (Å²) in [5, 5.41) is 3.32. The summed E-state index contributed by atoms with van der Waals surface area (Å²) in [4.78, 5) is 14.3.